The van der Waals surface area contributed by atoms with E-state index in [0.29, 0.717) is 24.9 Å². The van der Waals surface area contributed by atoms with Crippen molar-refractivity contribution in [1.29, 1.82) is 0 Å². The van der Waals surface area contributed by atoms with E-state index >= 15 is 0 Å². The van der Waals surface area contributed by atoms with Gasteiger partial charge in [0.1, 0.15) is 12.2 Å². The Morgan fingerprint density at radius 1 is 0.679 bits per heavy atom. The molecule has 0 heterocycles. The van der Waals surface area contributed by atoms with Crippen LogP contribution in [0.5, 0.6) is 0 Å². The van der Waals surface area contributed by atoms with Crippen molar-refractivity contribution in [2.24, 2.45) is 11.8 Å². The Kier molecular flexibility index (Phi) is 10.5. The van der Waals surface area contributed by atoms with Crippen molar-refractivity contribution in [3.63, 3.8) is 0 Å². The summed E-state index contributed by atoms with van der Waals surface area (Å²) in [6, 6.07) is 0. The molecule has 0 spiro atoms. The number of ether oxygens (including phenoxy) is 2. The van der Waals surface area contributed by atoms with Crippen LogP contribution in [0.4, 0.5) is 9.59 Å². The zero-order chi connectivity index (χ0) is 20.2. The lowest BCUT2D eigenvalue weighted by atomic mass is 9.88. The van der Waals surface area contributed by atoms with E-state index in [-0.39, 0.29) is 24.4 Å². The highest BCUT2D eigenvalue weighted by molar-refractivity contribution is 5.67. The molecule has 0 bridgehead atoms. The Balaban J connectivity index is 1.41. The Morgan fingerprint density at radius 3 is 1.46 bits per heavy atom. The smallest absolute Gasteiger partial charge is 0.407 e. The number of hydrogen-bond donors (Lipinski definition) is 2. The third-order valence-electron chi connectivity index (χ3n) is 6.22. The lowest BCUT2D eigenvalue weighted by Gasteiger charge is -2.28. The van der Waals surface area contributed by atoms with E-state index in [0.717, 1.165) is 64.2 Å². The van der Waals surface area contributed by atoms with Crippen molar-refractivity contribution in [2.45, 2.75) is 103 Å². The molecule has 0 aromatic carbocycles. The van der Waals surface area contributed by atoms with Gasteiger partial charge in [-0.1, -0.05) is 39.5 Å². The summed E-state index contributed by atoms with van der Waals surface area (Å²) >= 11 is 0. The summed E-state index contributed by atoms with van der Waals surface area (Å²) in [5, 5.41) is 5.72. The molecule has 2 amide bonds. The van der Waals surface area contributed by atoms with Gasteiger partial charge in [0.05, 0.1) is 0 Å². The van der Waals surface area contributed by atoms with E-state index in [1.54, 1.807) is 0 Å². The van der Waals surface area contributed by atoms with Crippen LogP contribution in [0.3, 0.4) is 0 Å². The van der Waals surface area contributed by atoms with Gasteiger partial charge in [0, 0.05) is 13.1 Å². The van der Waals surface area contributed by atoms with Crippen molar-refractivity contribution in [2.75, 3.05) is 13.1 Å². The summed E-state index contributed by atoms with van der Waals surface area (Å²) in [6.45, 7) is 5.62. The molecular formula is C22H40N2O4. The van der Waals surface area contributed by atoms with Gasteiger partial charge < -0.3 is 20.1 Å². The number of amides is 2. The minimum absolute atomic E-state index is 0.0798. The average molecular weight is 397 g/mol. The summed E-state index contributed by atoms with van der Waals surface area (Å²) < 4.78 is 11.1. The van der Waals surface area contributed by atoms with E-state index in [9.17, 15) is 9.59 Å². The van der Waals surface area contributed by atoms with Gasteiger partial charge in [-0.25, -0.2) is 9.59 Å². The lowest BCUT2D eigenvalue weighted by Crippen LogP contribution is -2.34. The molecule has 2 aliphatic carbocycles. The minimum atomic E-state index is -0.278. The molecule has 2 rings (SSSR count). The highest BCUT2D eigenvalue weighted by Gasteiger charge is 2.25. The summed E-state index contributed by atoms with van der Waals surface area (Å²) in [5.41, 5.74) is 0. The van der Waals surface area contributed by atoms with Crippen molar-refractivity contribution < 1.29 is 19.1 Å². The van der Waals surface area contributed by atoms with Crippen molar-refractivity contribution >= 4 is 12.2 Å². The monoisotopic (exact) mass is 396 g/mol. The number of nitrogens with one attached hydrogen (secondary N) is 2. The fourth-order valence-electron chi connectivity index (χ4n) is 4.26. The number of alkyl carbamates (subject to hydrolysis) is 2. The van der Waals surface area contributed by atoms with Crippen LogP contribution in [0.2, 0.25) is 0 Å². The van der Waals surface area contributed by atoms with Crippen LogP contribution in [-0.4, -0.2) is 37.5 Å². The molecule has 6 heteroatoms. The van der Waals surface area contributed by atoms with Gasteiger partial charge >= 0.3 is 12.2 Å². The molecular weight excluding hydrogens is 356 g/mol. The number of carbonyl (C=O) groups excluding carboxylic acids is 2. The van der Waals surface area contributed by atoms with Gasteiger partial charge in [-0.05, 0) is 63.2 Å². The highest BCUT2D eigenvalue weighted by atomic mass is 16.6. The second kappa shape index (κ2) is 12.9. The Hall–Kier alpha value is -1.46. The van der Waals surface area contributed by atoms with Gasteiger partial charge in [0.25, 0.3) is 0 Å². The largest absolute Gasteiger partial charge is 0.446 e. The predicted molar refractivity (Wildman–Crippen MR) is 110 cm³/mol. The molecule has 6 nitrogen and oxygen atoms in total. The van der Waals surface area contributed by atoms with Gasteiger partial charge in [-0.3, -0.25) is 0 Å². The second-order valence-corrected chi connectivity index (χ2v) is 8.68. The molecule has 0 aliphatic heterocycles. The van der Waals surface area contributed by atoms with E-state index in [4.69, 9.17) is 9.47 Å². The predicted octanol–water partition coefficient (Wildman–Crippen LogP) is 5.16. The fraction of sp³-hybridized carbons (Fsp3) is 0.909. The molecule has 4 atom stereocenters. The number of rotatable bonds is 9. The SMILES string of the molecule is C[C@@H]1CCCC[C@@H]1OC(=O)NCCCCCCNC(=O)O[C@H]1CCCC[C@H]1C. The van der Waals surface area contributed by atoms with Crippen molar-refractivity contribution in [3.8, 4) is 0 Å². The van der Waals surface area contributed by atoms with E-state index in [1.165, 1.54) is 12.8 Å². The number of hydrogen-bond acceptors (Lipinski definition) is 4. The third-order valence-corrected chi connectivity index (χ3v) is 6.22. The van der Waals surface area contributed by atoms with E-state index in [2.05, 4.69) is 24.5 Å². The Labute approximate surface area is 170 Å². The maximum Gasteiger partial charge on any atom is 0.407 e. The quantitative estimate of drug-likeness (QED) is 0.528. The summed E-state index contributed by atoms with van der Waals surface area (Å²) in [6.07, 6.45) is 12.6. The molecule has 2 N–H and O–H groups in total. The maximum absolute atomic E-state index is 11.9. The summed E-state index contributed by atoms with van der Waals surface area (Å²) in [4.78, 5) is 23.7. The van der Waals surface area contributed by atoms with Crippen LogP contribution in [0.15, 0.2) is 0 Å². The maximum atomic E-state index is 11.9. The first-order valence-corrected chi connectivity index (χ1v) is 11.4. The van der Waals surface area contributed by atoms with Crippen LogP contribution in [0.25, 0.3) is 0 Å². The van der Waals surface area contributed by atoms with Gasteiger partial charge in [-0.2, -0.15) is 0 Å². The number of carbonyl (C=O) groups is 2. The average Bonchev–Trinajstić information content (AvgIpc) is 2.67. The third kappa shape index (κ3) is 8.70. The normalized spacial score (nSPS) is 27.6. The summed E-state index contributed by atoms with van der Waals surface area (Å²) in [7, 11) is 0. The first kappa shape index (κ1) is 22.8. The molecule has 2 fully saturated rings. The molecule has 0 unspecified atom stereocenters. The molecule has 28 heavy (non-hydrogen) atoms. The van der Waals surface area contributed by atoms with Crippen molar-refractivity contribution in [3.05, 3.63) is 0 Å². The van der Waals surface area contributed by atoms with Crippen LogP contribution < -0.4 is 10.6 Å². The first-order valence-electron chi connectivity index (χ1n) is 11.4. The molecule has 0 saturated heterocycles. The van der Waals surface area contributed by atoms with E-state index < -0.39 is 0 Å². The van der Waals surface area contributed by atoms with Crippen molar-refractivity contribution in [1.82, 2.24) is 10.6 Å². The molecule has 0 aromatic heterocycles. The summed E-state index contributed by atoms with van der Waals surface area (Å²) in [5.74, 6) is 0.944. The van der Waals surface area contributed by atoms with Gasteiger partial charge in [0.15, 0.2) is 0 Å². The Bertz CT molecular complexity index is 429. The van der Waals surface area contributed by atoms with Gasteiger partial charge in [-0.15, -0.1) is 0 Å². The topological polar surface area (TPSA) is 76.7 Å². The molecule has 162 valence electrons. The highest BCUT2D eigenvalue weighted by Crippen LogP contribution is 2.27. The fourth-order valence-corrected chi connectivity index (χ4v) is 4.26. The second-order valence-electron chi connectivity index (χ2n) is 8.68. The Morgan fingerprint density at radius 2 is 1.07 bits per heavy atom. The van der Waals surface area contributed by atoms with Crippen LogP contribution in [0, 0.1) is 11.8 Å². The zero-order valence-electron chi connectivity index (χ0n) is 17.8. The van der Waals surface area contributed by atoms with E-state index in [1.807, 2.05) is 0 Å². The molecule has 2 saturated carbocycles. The zero-order valence-corrected chi connectivity index (χ0v) is 17.8. The first-order chi connectivity index (χ1) is 13.6. The van der Waals surface area contributed by atoms with Crippen LogP contribution in [0.1, 0.15) is 90.9 Å². The van der Waals surface area contributed by atoms with Crippen LogP contribution >= 0.6 is 0 Å². The van der Waals surface area contributed by atoms with Gasteiger partial charge in [0.2, 0.25) is 0 Å². The molecule has 0 radical (unpaired) electrons. The minimum Gasteiger partial charge on any atom is -0.446 e. The molecule has 0 aromatic rings. The standard InChI is InChI=1S/C22H40N2O4/c1-17-11-5-7-13-19(17)27-21(25)23-15-9-3-4-10-16-24-22(26)28-20-14-8-6-12-18(20)2/h17-20H,3-16H2,1-2H3,(H,23,25)(H,24,26)/t17-,18-,19+,20+/m1/s1. The lowest BCUT2D eigenvalue weighted by molar-refractivity contribution is 0.0429. The van der Waals surface area contributed by atoms with Crippen LogP contribution in [-0.2, 0) is 9.47 Å². The number of unbranched alkanes of at least 4 members (excludes halogenated alkanes) is 3. The molecule has 2 aliphatic rings.